The number of carbonyl (C=O) groups is 1. The van der Waals surface area contributed by atoms with E-state index in [0.29, 0.717) is 22.4 Å². The number of amides is 1. The van der Waals surface area contributed by atoms with Crippen LogP contribution >= 0.6 is 11.6 Å². The number of nitrogens with zero attached hydrogens (tertiary/aromatic N) is 2. The first kappa shape index (κ1) is 18.7. The maximum Gasteiger partial charge on any atom is 0.274 e. The van der Waals surface area contributed by atoms with E-state index in [1.165, 1.54) is 18.9 Å². The molecule has 27 heavy (non-hydrogen) atoms. The van der Waals surface area contributed by atoms with Crippen molar-refractivity contribution < 1.29 is 9.53 Å². The Bertz CT molecular complexity index is 991. The number of nitrogens with one attached hydrogen (secondary N) is 2. The standard InChI is InChI=1S/C20H19ClN4O2/c1-12-4-5-14(10-13(12)2)24-20-22-9-8-17(25-20)19(26)23-15-6-7-18(27-3)16(21)11-15/h4-11H,1-3H3,(H,23,26)(H,22,24,25). The van der Waals surface area contributed by atoms with Crippen LogP contribution in [-0.4, -0.2) is 23.0 Å². The zero-order valence-electron chi connectivity index (χ0n) is 15.2. The van der Waals surface area contributed by atoms with Crippen LogP contribution in [-0.2, 0) is 0 Å². The van der Waals surface area contributed by atoms with Gasteiger partial charge in [-0.3, -0.25) is 4.79 Å². The van der Waals surface area contributed by atoms with Gasteiger partial charge in [0.05, 0.1) is 12.1 Å². The lowest BCUT2D eigenvalue weighted by Crippen LogP contribution is -2.14. The van der Waals surface area contributed by atoms with Crippen molar-refractivity contribution in [1.82, 2.24) is 9.97 Å². The molecule has 0 bridgehead atoms. The van der Waals surface area contributed by atoms with Gasteiger partial charge in [-0.15, -0.1) is 0 Å². The molecule has 0 aliphatic rings. The van der Waals surface area contributed by atoms with Gasteiger partial charge >= 0.3 is 0 Å². The minimum Gasteiger partial charge on any atom is -0.495 e. The number of hydrogen-bond acceptors (Lipinski definition) is 5. The maximum atomic E-state index is 12.5. The Morgan fingerprint density at radius 1 is 1.04 bits per heavy atom. The molecule has 0 aliphatic carbocycles. The second-order valence-corrected chi connectivity index (χ2v) is 6.40. The number of hydrogen-bond donors (Lipinski definition) is 2. The van der Waals surface area contributed by atoms with E-state index in [4.69, 9.17) is 16.3 Å². The molecule has 1 amide bonds. The molecule has 1 heterocycles. The molecule has 0 atom stereocenters. The molecule has 3 aromatic rings. The highest BCUT2D eigenvalue weighted by atomic mass is 35.5. The van der Waals surface area contributed by atoms with Crippen molar-refractivity contribution in [2.45, 2.75) is 13.8 Å². The third-order valence-electron chi connectivity index (χ3n) is 4.06. The maximum absolute atomic E-state index is 12.5. The van der Waals surface area contributed by atoms with Gasteiger partial charge in [0, 0.05) is 17.6 Å². The number of carbonyl (C=O) groups excluding carboxylic acids is 1. The highest BCUT2D eigenvalue weighted by Gasteiger charge is 2.11. The van der Waals surface area contributed by atoms with Crippen molar-refractivity contribution in [2.24, 2.45) is 0 Å². The van der Waals surface area contributed by atoms with Crippen molar-refractivity contribution in [1.29, 1.82) is 0 Å². The van der Waals surface area contributed by atoms with E-state index < -0.39 is 0 Å². The Kier molecular flexibility index (Phi) is 5.57. The number of rotatable bonds is 5. The smallest absolute Gasteiger partial charge is 0.274 e. The summed E-state index contributed by atoms with van der Waals surface area (Å²) in [5.41, 5.74) is 4.01. The molecule has 0 fully saturated rings. The van der Waals surface area contributed by atoms with E-state index in [-0.39, 0.29) is 11.6 Å². The minimum absolute atomic E-state index is 0.239. The largest absolute Gasteiger partial charge is 0.495 e. The number of anilines is 3. The van der Waals surface area contributed by atoms with Crippen LogP contribution in [0.15, 0.2) is 48.7 Å². The molecule has 2 aromatic carbocycles. The first-order chi connectivity index (χ1) is 13.0. The minimum atomic E-state index is -0.359. The summed E-state index contributed by atoms with van der Waals surface area (Å²) in [5.74, 6) is 0.525. The zero-order valence-corrected chi connectivity index (χ0v) is 16.0. The van der Waals surface area contributed by atoms with Gasteiger partial charge in [-0.1, -0.05) is 17.7 Å². The van der Waals surface area contributed by atoms with Gasteiger partial charge in [-0.2, -0.15) is 0 Å². The Morgan fingerprint density at radius 2 is 1.81 bits per heavy atom. The zero-order chi connectivity index (χ0) is 19.4. The van der Waals surface area contributed by atoms with Crippen LogP contribution in [0.2, 0.25) is 5.02 Å². The van der Waals surface area contributed by atoms with Crippen LogP contribution in [0.25, 0.3) is 0 Å². The second kappa shape index (κ2) is 8.05. The number of aromatic nitrogens is 2. The molecule has 138 valence electrons. The lowest BCUT2D eigenvalue weighted by atomic mass is 10.1. The van der Waals surface area contributed by atoms with Crippen LogP contribution < -0.4 is 15.4 Å². The lowest BCUT2D eigenvalue weighted by Gasteiger charge is -2.10. The lowest BCUT2D eigenvalue weighted by molar-refractivity contribution is 0.102. The van der Waals surface area contributed by atoms with E-state index in [1.54, 1.807) is 24.3 Å². The van der Waals surface area contributed by atoms with Gasteiger partial charge in [0.1, 0.15) is 11.4 Å². The van der Waals surface area contributed by atoms with Crippen molar-refractivity contribution in [3.8, 4) is 5.75 Å². The molecular weight excluding hydrogens is 364 g/mol. The first-order valence-electron chi connectivity index (χ1n) is 8.28. The summed E-state index contributed by atoms with van der Waals surface area (Å²) < 4.78 is 5.10. The molecule has 0 aliphatic heterocycles. The third kappa shape index (κ3) is 4.54. The first-order valence-corrected chi connectivity index (χ1v) is 8.66. The Labute approximate surface area is 162 Å². The molecule has 0 radical (unpaired) electrons. The molecule has 1 aromatic heterocycles. The van der Waals surface area contributed by atoms with Crippen LogP contribution in [0.3, 0.4) is 0 Å². The molecule has 6 nitrogen and oxygen atoms in total. The molecule has 7 heteroatoms. The van der Waals surface area contributed by atoms with Gasteiger partial charge in [0.25, 0.3) is 5.91 Å². The van der Waals surface area contributed by atoms with Crippen LogP contribution in [0.5, 0.6) is 5.75 Å². The Hall–Kier alpha value is -3.12. The highest BCUT2D eigenvalue weighted by Crippen LogP contribution is 2.27. The van der Waals surface area contributed by atoms with Crippen molar-refractivity contribution in [2.75, 3.05) is 17.7 Å². The van der Waals surface area contributed by atoms with Crippen molar-refractivity contribution in [3.63, 3.8) is 0 Å². The monoisotopic (exact) mass is 382 g/mol. The highest BCUT2D eigenvalue weighted by molar-refractivity contribution is 6.32. The molecule has 3 rings (SSSR count). The Balaban J connectivity index is 1.75. The van der Waals surface area contributed by atoms with E-state index in [1.807, 2.05) is 32.0 Å². The number of halogens is 1. The fourth-order valence-electron chi connectivity index (χ4n) is 2.43. The van der Waals surface area contributed by atoms with E-state index in [9.17, 15) is 4.79 Å². The van der Waals surface area contributed by atoms with Gasteiger partial charge < -0.3 is 15.4 Å². The van der Waals surface area contributed by atoms with Gasteiger partial charge in [0.2, 0.25) is 5.95 Å². The number of benzene rings is 2. The predicted molar refractivity (Wildman–Crippen MR) is 107 cm³/mol. The van der Waals surface area contributed by atoms with E-state index in [0.717, 1.165) is 11.3 Å². The topological polar surface area (TPSA) is 76.1 Å². The summed E-state index contributed by atoms with van der Waals surface area (Å²) in [6.45, 7) is 4.08. The van der Waals surface area contributed by atoms with Crippen molar-refractivity contribution >= 4 is 34.8 Å². The number of ether oxygens (including phenoxy) is 1. The second-order valence-electron chi connectivity index (χ2n) is 5.99. The predicted octanol–water partition coefficient (Wildman–Crippen LogP) is 4.75. The number of aryl methyl sites for hydroxylation is 2. The molecular formula is C20H19ClN4O2. The molecule has 2 N–H and O–H groups in total. The van der Waals surface area contributed by atoms with Gasteiger partial charge in [0.15, 0.2) is 0 Å². The summed E-state index contributed by atoms with van der Waals surface area (Å²) in [6.07, 6.45) is 1.53. The summed E-state index contributed by atoms with van der Waals surface area (Å²) in [5, 5.41) is 6.29. The summed E-state index contributed by atoms with van der Waals surface area (Å²) >= 11 is 6.09. The summed E-state index contributed by atoms with van der Waals surface area (Å²) in [4.78, 5) is 20.9. The van der Waals surface area contributed by atoms with Gasteiger partial charge in [-0.25, -0.2) is 9.97 Å². The van der Waals surface area contributed by atoms with Crippen LogP contribution in [0, 0.1) is 13.8 Å². The fraction of sp³-hybridized carbons (Fsp3) is 0.150. The van der Waals surface area contributed by atoms with E-state index in [2.05, 4.69) is 20.6 Å². The SMILES string of the molecule is COc1ccc(NC(=O)c2ccnc(Nc3ccc(C)c(C)c3)n2)cc1Cl. The number of methoxy groups -OCH3 is 1. The van der Waals surface area contributed by atoms with Crippen molar-refractivity contribution in [3.05, 3.63) is 70.5 Å². The Morgan fingerprint density at radius 3 is 2.52 bits per heavy atom. The third-order valence-corrected chi connectivity index (χ3v) is 4.36. The van der Waals surface area contributed by atoms with E-state index >= 15 is 0 Å². The molecule has 0 saturated heterocycles. The molecule has 0 spiro atoms. The normalized spacial score (nSPS) is 10.4. The van der Waals surface area contributed by atoms with Gasteiger partial charge in [-0.05, 0) is 61.4 Å². The van der Waals surface area contributed by atoms with Crippen LogP contribution in [0.1, 0.15) is 21.6 Å². The molecule has 0 saturated carbocycles. The molecule has 0 unspecified atom stereocenters. The quantitative estimate of drug-likeness (QED) is 0.665. The summed E-state index contributed by atoms with van der Waals surface area (Å²) in [6, 6.07) is 12.5. The van der Waals surface area contributed by atoms with Crippen LogP contribution in [0.4, 0.5) is 17.3 Å². The fourth-order valence-corrected chi connectivity index (χ4v) is 2.69. The average Bonchev–Trinajstić information content (AvgIpc) is 2.65. The summed E-state index contributed by atoms with van der Waals surface area (Å²) in [7, 11) is 1.53. The average molecular weight is 383 g/mol.